The molecule has 0 amide bonds. The van der Waals surface area contributed by atoms with E-state index in [-0.39, 0.29) is 5.41 Å². The van der Waals surface area contributed by atoms with Crippen LogP contribution < -0.4 is 4.90 Å². The van der Waals surface area contributed by atoms with Crippen LogP contribution in [0.2, 0.25) is 0 Å². The first-order valence-corrected chi connectivity index (χ1v) is 21.9. The third-order valence-corrected chi connectivity index (χ3v) is 15.1. The third kappa shape index (κ3) is 4.63. The molecule has 1 aromatic heterocycles. The second kappa shape index (κ2) is 12.7. The molecule has 2 heteroatoms. The van der Waals surface area contributed by atoms with E-state index in [0.717, 1.165) is 24.2 Å². The van der Waals surface area contributed by atoms with Gasteiger partial charge >= 0.3 is 0 Å². The number of hydrogen-bond acceptors (Lipinski definition) is 2. The van der Waals surface area contributed by atoms with Gasteiger partial charge in [0.25, 0.3) is 0 Å². The molecule has 0 bridgehead atoms. The largest absolute Gasteiger partial charge is 0.310 e. The van der Waals surface area contributed by atoms with E-state index < -0.39 is 5.41 Å². The van der Waals surface area contributed by atoms with Crippen molar-refractivity contribution in [2.45, 2.75) is 23.7 Å². The minimum absolute atomic E-state index is 0.109. The molecule has 13 rings (SSSR count). The quantitative estimate of drug-likeness (QED) is 0.168. The van der Waals surface area contributed by atoms with Crippen LogP contribution in [-0.2, 0) is 23.7 Å². The highest BCUT2D eigenvalue weighted by Gasteiger charge is 2.48. The molecule has 3 aliphatic rings. The number of fused-ring (bicyclic) bond motifs is 12. The van der Waals surface area contributed by atoms with Gasteiger partial charge in [0.1, 0.15) is 0 Å². The number of nitrogens with zero attached hydrogens (tertiary/aromatic N) is 1. The molecular weight excluding hydrogens is 743 g/mol. The molecule has 0 unspecified atom stereocenters. The summed E-state index contributed by atoms with van der Waals surface area (Å²) in [5.74, 6) is 0. The van der Waals surface area contributed by atoms with Crippen molar-refractivity contribution in [1.82, 2.24) is 0 Å². The van der Waals surface area contributed by atoms with Crippen LogP contribution in [0.4, 0.5) is 17.1 Å². The van der Waals surface area contributed by atoms with Crippen LogP contribution in [0.25, 0.3) is 42.4 Å². The molecule has 1 heterocycles. The van der Waals surface area contributed by atoms with E-state index in [0.29, 0.717) is 0 Å². The van der Waals surface area contributed by atoms with Crippen molar-refractivity contribution in [1.29, 1.82) is 0 Å². The summed E-state index contributed by atoms with van der Waals surface area (Å²) in [6.45, 7) is 0. The van der Waals surface area contributed by atoms with E-state index in [1.54, 1.807) is 0 Å². The lowest BCUT2D eigenvalue weighted by Gasteiger charge is -2.35. The van der Waals surface area contributed by atoms with Gasteiger partial charge in [-0.25, -0.2) is 0 Å². The molecule has 0 saturated heterocycles. The molecule has 60 heavy (non-hydrogen) atoms. The van der Waals surface area contributed by atoms with E-state index in [1.165, 1.54) is 92.6 Å². The van der Waals surface area contributed by atoms with Crippen molar-refractivity contribution >= 4 is 48.6 Å². The molecule has 0 saturated carbocycles. The maximum atomic E-state index is 2.54. The fourth-order valence-corrected chi connectivity index (χ4v) is 12.6. The van der Waals surface area contributed by atoms with Gasteiger partial charge in [0, 0.05) is 42.6 Å². The van der Waals surface area contributed by atoms with Gasteiger partial charge in [-0.1, -0.05) is 170 Å². The van der Waals surface area contributed by atoms with Gasteiger partial charge in [-0.2, -0.15) is 0 Å². The van der Waals surface area contributed by atoms with Crippen LogP contribution in [0.5, 0.6) is 0 Å². The van der Waals surface area contributed by atoms with Crippen LogP contribution in [0.3, 0.4) is 0 Å². The lowest BCUT2D eigenvalue weighted by Crippen LogP contribution is -2.28. The van der Waals surface area contributed by atoms with E-state index in [2.05, 4.69) is 217 Å². The molecule has 0 radical (unpaired) electrons. The van der Waals surface area contributed by atoms with Gasteiger partial charge in [0.2, 0.25) is 0 Å². The SMILES string of the molecule is c1ccc(C2(c3ccccc3)c3ccccc3-c3ccc(N(c4ccc5c(c4)C4(Cc6ccccc6C4)c4ccccc4-5)c4ccc5c(c4)sc4ccccc45)cc32)cc1. The number of rotatable bonds is 5. The molecule has 9 aromatic carbocycles. The Morgan fingerprint density at radius 1 is 0.350 bits per heavy atom. The van der Waals surface area contributed by atoms with Crippen LogP contribution in [0.1, 0.15) is 44.5 Å². The standard InChI is InChI=1S/C58H39NS/c1-3-17-40(18-4-1)58(41-19-5-2-6-20-41)52-25-13-10-22-46(52)48-31-28-43(34-54(48)58)59(44-29-32-50-49-23-11-14-26-55(49)60-56(50)35-44)42-27-30-47-45-21-9-12-24-51(45)57(53(47)33-42)36-38-15-7-8-16-39(38)37-57/h1-35H,36-37H2. The van der Waals surface area contributed by atoms with Gasteiger partial charge in [0.05, 0.1) is 5.41 Å². The van der Waals surface area contributed by atoms with Crippen LogP contribution >= 0.6 is 11.3 Å². The average Bonchev–Trinajstić information content (AvgIpc) is 4.04. The third-order valence-electron chi connectivity index (χ3n) is 13.9. The fraction of sp³-hybridized carbons (Fsp3) is 0.0690. The molecular formula is C58H39NS. The molecule has 3 aliphatic carbocycles. The summed E-state index contributed by atoms with van der Waals surface area (Å²) >= 11 is 1.88. The topological polar surface area (TPSA) is 3.24 Å². The lowest BCUT2D eigenvalue weighted by atomic mass is 9.67. The fourth-order valence-electron chi connectivity index (χ4n) is 11.5. The molecule has 1 nitrogen and oxygen atoms in total. The molecule has 282 valence electrons. The first kappa shape index (κ1) is 33.9. The Bertz CT molecular complexity index is 3270. The van der Waals surface area contributed by atoms with Crippen molar-refractivity contribution in [2.75, 3.05) is 4.90 Å². The second-order valence-corrected chi connectivity index (χ2v) is 17.9. The smallest absolute Gasteiger partial charge is 0.0714 e. The Labute approximate surface area is 354 Å². The van der Waals surface area contributed by atoms with Crippen molar-refractivity contribution in [3.8, 4) is 22.3 Å². The Morgan fingerprint density at radius 3 is 1.53 bits per heavy atom. The molecule has 0 atom stereocenters. The van der Waals surface area contributed by atoms with Gasteiger partial charge in [-0.3, -0.25) is 0 Å². The second-order valence-electron chi connectivity index (χ2n) is 16.9. The summed E-state index contributed by atoms with van der Waals surface area (Å²) < 4.78 is 2.62. The van der Waals surface area contributed by atoms with Crippen molar-refractivity contribution < 1.29 is 0 Å². The number of hydrogen-bond donors (Lipinski definition) is 0. The minimum Gasteiger partial charge on any atom is -0.310 e. The summed E-state index contributed by atoms with van der Waals surface area (Å²) in [5.41, 5.74) is 19.2. The van der Waals surface area contributed by atoms with Crippen molar-refractivity contribution in [2.24, 2.45) is 0 Å². The lowest BCUT2D eigenvalue weighted by molar-refractivity contribution is 0.563. The predicted octanol–water partition coefficient (Wildman–Crippen LogP) is 15.0. The maximum absolute atomic E-state index is 2.54. The Morgan fingerprint density at radius 2 is 0.833 bits per heavy atom. The van der Waals surface area contributed by atoms with Crippen LogP contribution in [0, 0.1) is 0 Å². The Hall–Kier alpha value is -7.00. The highest BCUT2D eigenvalue weighted by atomic mass is 32.1. The van der Waals surface area contributed by atoms with E-state index in [1.807, 2.05) is 11.3 Å². The molecule has 0 N–H and O–H groups in total. The highest BCUT2D eigenvalue weighted by molar-refractivity contribution is 7.25. The van der Waals surface area contributed by atoms with Gasteiger partial charge in [0.15, 0.2) is 0 Å². The van der Waals surface area contributed by atoms with Crippen LogP contribution in [-0.4, -0.2) is 0 Å². The van der Waals surface area contributed by atoms with Crippen molar-refractivity contribution in [3.05, 3.63) is 257 Å². The first-order chi connectivity index (χ1) is 29.7. The number of anilines is 3. The zero-order chi connectivity index (χ0) is 39.4. The van der Waals surface area contributed by atoms with E-state index in [9.17, 15) is 0 Å². The molecule has 10 aromatic rings. The molecule has 0 aliphatic heterocycles. The minimum atomic E-state index is -0.495. The summed E-state index contributed by atoms with van der Waals surface area (Å²) in [6, 6.07) is 80.1. The average molecular weight is 782 g/mol. The summed E-state index contributed by atoms with van der Waals surface area (Å²) in [5, 5.41) is 2.63. The molecule has 1 spiro atoms. The van der Waals surface area contributed by atoms with Crippen molar-refractivity contribution in [3.63, 3.8) is 0 Å². The summed E-state index contributed by atoms with van der Waals surface area (Å²) in [4.78, 5) is 2.53. The highest BCUT2D eigenvalue weighted by Crippen LogP contribution is 2.59. The van der Waals surface area contributed by atoms with Gasteiger partial charge in [-0.05, 0) is 122 Å². The van der Waals surface area contributed by atoms with Gasteiger partial charge < -0.3 is 4.90 Å². The summed E-state index contributed by atoms with van der Waals surface area (Å²) in [7, 11) is 0. The zero-order valence-electron chi connectivity index (χ0n) is 33.0. The van der Waals surface area contributed by atoms with E-state index >= 15 is 0 Å². The maximum Gasteiger partial charge on any atom is 0.0714 e. The number of benzene rings is 9. The summed E-state index contributed by atoms with van der Waals surface area (Å²) in [6.07, 6.45) is 2.02. The van der Waals surface area contributed by atoms with Gasteiger partial charge in [-0.15, -0.1) is 11.3 Å². The normalized spacial score (nSPS) is 14.8. The zero-order valence-corrected chi connectivity index (χ0v) is 33.8. The monoisotopic (exact) mass is 781 g/mol. The Kier molecular flexibility index (Phi) is 7.21. The number of thiophene rings is 1. The predicted molar refractivity (Wildman–Crippen MR) is 251 cm³/mol. The van der Waals surface area contributed by atoms with Crippen LogP contribution in [0.15, 0.2) is 212 Å². The Balaban J connectivity index is 1.07. The first-order valence-electron chi connectivity index (χ1n) is 21.1. The molecule has 0 fully saturated rings. The van der Waals surface area contributed by atoms with E-state index in [4.69, 9.17) is 0 Å².